The Kier molecular flexibility index (Phi) is 6.12. The van der Waals surface area contributed by atoms with Gasteiger partial charge in [0.15, 0.2) is 0 Å². The molecule has 0 unspecified atom stereocenters. The Morgan fingerprint density at radius 2 is 1.95 bits per heavy atom. The summed E-state index contributed by atoms with van der Waals surface area (Å²) in [4.78, 5) is 0.245. The van der Waals surface area contributed by atoms with Crippen LogP contribution in [-0.2, 0) is 15.9 Å². The highest BCUT2D eigenvalue weighted by molar-refractivity contribution is 7.89. The molecule has 1 rings (SSSR count). The van der Waals surface area contributed by atoms with Crippen LogP contribution in [0.5, 0.6) is 0 Å². The molecule has 6 heteroatoms. The third-order valence-corrected chi connectivity index (χ3v) is 5.52. The Bertz CT molecular complexity index is 529. The standard InChI is InChI=1S/C13H19Cl2NO2S/c1-4-7-16(10(2)3)19(17,18)12-5-6-13(15)11(8-12)9-14/h5-6,8,10H,4,7,9H2,1-3H3. The first-order chi connectivity index (χ1) is 8.84. The molecule has 1 aromatic carbocycles. The molecule has 0 aromatic heterocycles. The second kappa shape index (κ2) is 6.93. The van der Waals surface area contributed by atoms with Gasteiger partial charge >= 0.3 is 0 Å². The Morgan fingerprint density at radius 1 is 1.32 bits per heavy atom. The van der Waals surface area contributed by atoms with Crippen molar-refractivity contribution in [3.8, 4) is 0 Å². The molecule has 0 radical (unpaired) electrons. The van der Waals surface area contributed by atoms with E-state index in [0.717, 1.165) is 6.42 Å². The van der Waals surface area contributed by atoms with E-state index in [9.17, 15) is 8.42 Å². The average molecular weight is 324 g/mol. The van der Waals surface area contributed by atoms with Crippen molar-refractivity contribution in [2.45, 2.75) is 44.0 Å². The van der Waals surface area contributed by atoms with Crippen molar-refractivity contribution in [3.63, 3.8) is 0 Å². The molecule has 0 bridgehead atoms. The maximum atomic E-state index is 12.6. The number of sulfonamides is 1. The second-order valence-electron chi connectivity index (χ2n) is 4.60. The van der Waals surface area contributed by atoms with E-state index in [4.69, 9.17) is 23.2 Å². The van der Waals surface area contributed by atoms with E-state index in [0.29, 0.717) is 17.1 Å². The lowest BCUT2D eigenvalue weighted by atomic mass is 10.2. The van der Waals surface area contributed by atoms with Gasteiger partial charge in [0.05, 0.1) is 4.90 Å². The Morgan fingerprint density at radius 3 is 2.42 bits per heavy atom. The van der Waals surface area contributed by atoms with Gasteiger partial charge in [0.2, 0.25) is 10.0 Å². The quantitative estimate of drug-likeness (QED) is 0.745. The topological polar surface area (TPSA) is 37.4 Å². The molecule has 0 N–H and O–H groups in total. The Balaban J connectivity index is 3.25. The number of nitrogens with zero attached hydrogens (tertiary/aromatic N) is 1. The lowest BCUT2D eigenvalue weighted by Crippen LogP contribution is -2.37. The number of benzene rings is 1. The predicted octanol–water partition coefficient (Wildman–Crippen LogP) is 3.89. The molecular weight excluding hydrogens is 305 g/mol. The lowest BCUT2D eigenvalue weighted by Gasteiger charge is -2.25. The van der Waals surface area contributed by atoms with Crippen molar-refractivity contribution in [2.24, 2.45) is 0 Å². The van der Waals surface area contributed by atoms with E-state index in [1.807, 2.05) is 20.8 Å². The van der Waals surface area contributed by atoms with Crippen molar-refractivity contribution in [3.05, 3.63) is 28.8 Å². The summed E-state index contributed by atoms with van der Waals surface area (Å²) in [5, 5.41) is 0.487. The van der Waals surface area contributed by atoms with Crippen LogP contribution in [0.2, 0.25) is 5.02 Å². The molecule has 19 heavy (non-hydrogen) atoms. The Hall–Kier alpha value is -0.290. The molecule has 3 nitrogen and oxygen atoms in total. The first kappa shape index (κ1) is 16.8. The average Bonchev–Trinajstić information content (AvgIpc) is 2.35. The van der Waals surface area contributed by atoms with E-state index in [1.54, 1.807) is 12.1 Å². The van der Waals surface area contributed by atoms with Crippen LogP contribution in [-0.4, -0.2) is 25.3 Å². The van der Waals surface area contributed by atoms with Crippen molar-refractivity contribution in [2.75, 3.05) is 6.54 Å². The molecule has 0 saturated heterocycles. The highest BCUT2D eigenvalue weighted by atomic mass is 35.5. The van der Waals surface area contributed by atoms with Gasteiger partial charge in [0, 0.05) is 23.5 Å². The zero-order valence-electron chi connectivity index (χ0n) is 11.4. The fraction of sp³-hybridized carbons (Fsp3) is 0.538. The van der Waals surface area contributed by atoms with E-state index in [2.05, 4.69) is 0 Å². The highest BCUT2D eigenvalue weighted by Gasteiger charge is 2.26. The summed E-state index contributed by atoms with van der Waals surface area (Å²) in [7, 11) is -3.50. The van der Waals surface area contributed by atoms with Gasteiger partial charge in [-0.2, -0.15) is 4.31 Å². The van der Waals surface area contributed by atoms with Crippen LogP contribution in [0.25, 0.3) is 0 Å². The third-order valence-electron chi connectivity index (χ3n) is 2.79. The van der Waals surface area contributed by atoms with Crippen molar-refractivity contribution in [1.82, 2.24) is 4.31 Å². The van der Waals surface area contributed by atoms with E-state index in [1.165, 1.54) is 10.4 Å². The lowest BCUT2D eigenvalue weighted by molar-refractivity contribution is 0.354. The monoisotopic (exact) mass is 323 g/mol. The van der Waals surface area contributed by atoms with Gasteiger partial charge in [-0.1, -0.05) is 18.5 Å². The van der Waals surface area contributed by atoms with Crippen molar-refractivity contribution < 1.29 is 8.42 Å². The van der Waals surface area contributed by atoms with Crippen LogP contribution >= 0.6 is 23.2 Å². The minimum Gasteiger partial charge on any atom is -0.207 e. The first-order valence-corrected chi connectivity index (χ1v) is 8.56. The van der Waals surface area contributed by atoms with Gasteiger partial charge in [-0.15, -0.1) is 11.6 Å². The zero-order valence-corrected chi connectivity index (χ0v) is 13.7. The van der Waals surface area contributed by atoms with E-state index in [-0.39, 0.29) is 16.8 Å². The normalized spacial score (nSPS) is 12.4. The summed E-state index contributed by atoms with van der Waals surface area (Å²) >= 11 is 11.7. The molecule has 0 aliphatic carbocycles. The molecule has 0 fully saturated rings. The number of halogens is 2. The molecule has 0 amide bonds. The summed E-state index contributed by atoms with van der Waals surface area (Å²) in [5.41, 5.74) is 0.629. The van der Waals surface area contributed by atoms with Crippen LogP contribution in [0.4, 0.5) is 0 Å². The maximum absolute atomic E-state index is 12.6. The minimum atomic E-state index is -3.50. The van der Waals surface area contributed by atoms with Gasteiger partial charge in [-0.3, -0.25) is 0 Å². The van der Waals surface area contributed by atoms with Crippen LogP contribution in [0.15, 0.2) is 23.1 Å². The molecular formula is C13H19Cl2NO2S. The molecule has 0 spiro atoms. The number of hydrogen-bond acceptors (Lipinski definition) is 2. The van der Waals surface area contributed by atoms with Gasteiger partial charge in [-0.05, 0) is 44.0 Å². The molecule has 1 aromatic rings. The second-order valence-corrected chi connectivity index (χ2v) is 7.16. The smallest absolute Gasteiger partial charge is 0.207 e. The summed E-state index contributed by atoms with van der Waals surface area (Å²) < 4.78 is 26.7. The Labute approximate surface area is 125 Å². The number of alkyl halides is 1. The largest absolute Gasteiger partial charge is 0.243 e. The summed E-state index contributed by atoms with van der Waals surface area (Å²) in [5.74, 6) is 0.192. The van der Waals surface area contributed by atoms with Gasteiger partial charge in [0.1, 0.15) is 0 Å². The SMILES string of the molecule is CCCN(C(C)C)S(=O)(=O)c1ccc(Cl)c(CCl)c1. The van der Waals surface area contributed by atoms with E-state index >= 15 is 0 Å². The van der Waals surface area contributed by atoms with Crippen molar-refractivity contribution >= 4 is 33.2 Å². The minimum absolute atomic E-state index is 0.0833. The molecule has 0 atom stereocenters. The summed E-state index contributed by atoms with van der Waals surface area (Å²) in [6.07, 6.45) is 0.771. The van der Waals surface area contributed by atoms with Gasteiger partial charge < -0.3 is 0 Å². The van der Waals surface area contributed by atoms with Crippen LogP contribution in [0.3, 0.4) is 0 Å². The van der Waals surface area contributed by atoms with Gasteiger partial charge in [-0.25, -0.2) is 8.42 Å². The van der Waals surface area contributed by atoms with Crippen molar-refractivity contribution in [1.29, 1.82) is 0 Å². The fourth-order valence-electron chi connectivity index (χ4n) is 1.83. The maximum Gasteiger partial charge on any atom is 0.243 e. The number of rotatable bonds is 6. The van der Waals surface area contributed by atoms with Crippen LogP contribution in [0, 0.1) is 0 Å². The van der Waals surface area contributed by atoms with E-state index < -0.39 is 10.0 Å². The summed E-state index contributed by atoms with van der Waals surface area (Å²) in [6, 6.07) is 4.57. The zero-order chi connectivity index (χ0) is 14.6. The number of hydrogen-bond donors (Lipinski definition) is 0. The van der Waals surface area contributed by atoms with Crippen LogP contribution in [0.1, 0.15) is 32.8 Å². The third kappa shape index (κ3) is 3.85. The molecule has 0 aliphatic heterocycles. The fourth-order valence-corrected chi connectivity index (χ4v) is 4.08. The molecule has 0 saturated carbocycles. The molecule has 0 heterocycles. The van der Waals surface area contributed by atoms with Crippen LogP contribution < -0.4 is 0 Å². The summed E-state index contributed by atoms with van der Waals surface area (Å²) in [6.45, 7) is 6.19. The molecule has 108 valence electrons. The predicted molar refractivity (Wildman–Crippen MR) is 80.3 cm³/mol. The van der Waals surface area contributed by atoms with Gasteiger partial charge in [0.25, 0.3) is 0 Å². The molecule has 0 aliphatic rings. The first-order valence-electron chi connectivity index (χ1n) is 6.20. The highest BCUT2D eigenvalue weighted by Crippen LogP contribution is 2.25.